The van der Waals surface area contributed by atoms with Crippen molar-refractivity contribution < 1.29 is 18.0 Å². The molecule has 0 radical (unpaired) electrons. The summed E-state index contributed by atoms with van der Waals surface area (Å²) in [5.74, 6) is -0.386. The summed E-state index contributed by atoms with van der Waals surface area (Å²) in [7, 11) is -3.88. The summed E-state index contributed by atoms with van der Waals surface area (Å²) in [6, 6.07) is 33.4. The zero-order valence-corrected chi connectivity index (χ0v) is 18.2. The van der Waals surface area contributed by atoms with E-state index >= 15 is 0 Å². The van der Waals surface area contributed by atoms with Gasteiger partial charge >= 0.3 is 7.60 Å². The summed E-state index contributed by atoms with van der Waals surface area (Å²) in [6.45, 7) is 0.420. The van der Waals surface area contributed by atoms with Crippen LogP contribution in [0.15, 0.2) is 115 Å². The molecule has 0 spiro atoms. The fraction of sp³-hybridized carbons (Fsp3) is 0.0769. The van der Waals surface area contributed by atoms with Gasteiger partial charge in [0, 0.05) is 6.54 Å². The molecule has 32 heavy (non-hydrogen) atoms. The summed E-state index contributed by atoms with van der Waals surface area (Å²) in [6.07, 6.45) is 0. The van der Waals surface area contributed by atoms with E-state index in [0.29, 0.717) is 23.6 Å². The molecule has 4 aromatic rings. The lowest BCUT2D eigenvalue weighted by Gasteiger charge is -2.28. The summed E-state index contributed by atoms with van der Waals surface area (Å²) in [5, 5.41) is 3.32. The Morgan fingerprint density at radius 1 is 0.688 bits per heavy atom. The zero-order valence-electron chi connectivity index (χ0n) is 17.3. The first-order valence-electron chi connectivity index (χ1n) is 10.2. The molecular formula is C26H23FNO3P. The largest absolute Gasteiger partial charge is 0.452 e. The van der Waals surface area contributed by atoms with Crippen LogP contribution in [-0.4, -0.2) is 0 Å². The molecule has 0 saturated carbocycles. The number of halogens is 1. The third kappa shape index (κ3) is 5.64. The molecule has 4 rings (SSSR count). The minimum atomic E-state index is -3.88. The molecule has 6 heteroatoms. The van der Waals surface area contributed by atoms with Gasteiger partial charge in [-0.25, -0.2) is 8.96 Å². The Balaban J connectivity index is 1.73. The Hall–Kier alpha value is -3.40. The van der Waals surface area contributed by atoms with E-state index in [2.05, 4.69) is 5.32 Å². The van der Waals surface area contributed by atoms with Crippen molar-refractivity contribution in [3.63, 3.8) is 0 Å². The maximum atomic E-state index is 14.4. The molecule has 0 heterocycles. The first-order chi connectivity index (χ1) is 15.6. The molecule has 0 fully saturated rings. The number of benzene rings is 4. The second-order valence-corrected chi connectivity index (χ2v) is 9.13. The minimum Gasteiger partial charge on any atom is -0.415 e. The third-order valence-electron chi connectivity index (χ3n) is 4.80. The standard InChI is InChI=1S/C26H23FNO3P/c27-23-18-16-22(17-19-23)26(28-20-21-10-4-1-5-11-21)32(29,30-24-12-6-2-7-13-24)31-25-14-8-3-9-15-25/h1-19,26,28H,20H2/t26-/m1/s1. The van der Waals surface area contributed by atoms with Crippen molar-refractivity contribution in [2.45, 2.75) is 12.3 Å². The van der Waals surface area contributed by atoms with Crippen LogP contribution < -0.4 is 14.4 Å². The lowest BCUT2D eigenvalue weighted by Crippen LogP contribution is -2.25. The topological polar surface area (TPSA) is 47.6 Å². The summed E-state index contributed by atoms with van der Waals surface area (Å²) >= 11 is 0. The highest BCUT2D eigenvalue weighted by Crippen LogP contribution is 2.59. The number of hydrogen-bond acceptors (Lipinski definition) is 4. The first kappa shape index (κ1) is 21.8. The van der Waals surface area contributed by atoms with Crippen LogP contribution in [-0.2, 0) is 11.1 Å². The van der Waals surface area contributed by atoms with Crippen molar-refractivity contribution in [1.82, 2.24) is 5.32 Å². The smallest absolute Gasteiger partial charge is 0.415 e. The van der Waals surface area contributed by atoms with Crippen molar-refractivity contribution in [2.75, 3.05) is 0 Å². The van der Waals surface area contributed by atoms with E-state index in [0.717, 1.165) is 5.56 Å². The van der Waals surface area contributed by atoms with Crippen molar-refractivity contribution in [1.29, 1.82) is 0 Å². The molecule has 0 bridgehead atoms. The highest BCUT2D eigenvalue weighted by Gasteiger charge is 2.40. The van der Waals surface area contributed by atoms with E-state index in [-0.39, 0.29) is 5.82 Å². The average Bonchev–Trinajstić information content (AvgIpc) is 2.82. The van der Waals surface area contributed by atoms with Gasteiger partial charge < -0.3 is 9.05 Å². The van der Waals surface area contributed by atoms with Crippen LogP contribution in [0.1, 0.15) is 16.9 Å². The zero-order chi connectivity index (χ0) is 22.2. The molecule has 0 aromatic heterocycles. The second-order valence-electron chi connectivity index (χ2n) is 7.17. The van der Waals surface area contributed by atoms with Crippen LogP contribution >= 0.6 is 7.60 Å². The number of hydrogen-bond donors (Lipinski definition) is 1. The van der Waals surface area contributed by atoms with Crippen molar-refractivity contribution >= 4 is 7.60 Å². The normalized spacial score (nSPS) is 12.2. The van der Waals surface area contributed by atoms with Gasteiger partial charge in [0.25, 0.3) is 0 Å². The Kier molecular flexibility index (Phi) is 7.00. The van der Waals surface area contributed by atoms with E-state index in [1.165, 1.54) is 12.1 Å². The second kappa shape index (κ2) is 10.3. The van der Waals surface area contributed by atoms with E-state index < -0.39 is 13.4 Å². The Morgan fingerprint density at radius 3 is 1.66 bits per heavy atom. The Bertz CT molecular complexity index is 1110. The lowest BCUT2D eigenvalue weighted by atomic mass is 10.2. The summed E-state index contributed by atoms with van der Waals surface area (Å²) < 4.78 is 40.0. The van der Waals surface area contributed by atoms with Gasteiger partial charge in [-0.05, 0) is 47.5 Å². The van der Waals surface area contributed by atoms with Gasteiger partial charge in [-0.2, -0.15) is 0 Å². The maximum absolute atomic E-state index is 14.4. The van der Waals surface area contributed by atoms with Gasteiger partial charge in [-0.3, -0.25) is 5.32 Å². The van der Waals surface area contributed by atoms with Crippen LogP contribution in [0.25, 0.3) is 0 Å². The predicted molar refractivity (Wildman–Crippen MR) is 124 cm³/mol. The van der Waals surface area contributed by atoms with Gasteiger partial charge in [0.1, 0.15) is 17.3 Å². The van der Waals surface area contributed by atoms with Crippen molar-refractivity contribution in [2.24, 2.45) is 0 Å². The Labute approximate surface area is 187 Å². The van der Waals surface area contributed by atoms with Crippen LogP contribution in [0.3, 0.4) is 0 Å². The molecule has 0 amide bonds. The number of para-hydroxylation sites is 2. The molecule has 1 atom stereocenters. The molecule has 0 unspecified atom stereocenters. The number of nitrogens with one attached hydrogen (secondary N) is 1. The lowest BCUT2D eigenvalue weighted by molar-refractivity contribution is 0.360. The third-order valence-corrected chi connectivity index (χ3v) is 6.84. The van der Waals surface area contributed by atoms with Crippen molar-refractivity contribution in [3.8, 4) is 11.5 Å². The van der Waals surface area contributed by atoms with Gasteiger partial charge in [0.05, 0.1) is 0 Å². The monoisotopic (exact) mass is 447 g/mol. The molecular weight excluding hydrogens is 424 g/mol. The molecule has 162 valence electrons. The van der Waals surface area contributed by atoms with Crippen LogP contribution in [0, 0.1) is 5.82 Å². The van der Waals surface area contributed by atoms with Gasteiger partial charge in [-0.1, -0.05) is 78.9 Å². The molecule has 4 nitrogen and oxygen atoms in total. The van der Waals surface area contributed by atoms with Gasteiger partial charge in [-0.15, -0.1) is 0 Å². The van der Waals surface area contributed by atoms with E-state index in [9.17, 15) is 8.96 Å². The molecule has 0 aliphatic carbocycles. The van der Waals surface area contributed by atoms with Gasteiger partial charge in [0.15, 0.2) is 5.78 Å². The van der Waals surface area contributed by atoms with E-state index in [4.69, 9.17) is 9.05 Å². The fourth-order valence-electron chi connectivity index (χ4n) is 3.25. The summed E-state index contributed by atoms with van der Waals surface area (Å²) in [5.41, 5.74) is 1.60. The highest BCUT2D eigenvalue weighted by molar-refractivity contribution is 7.55. The SMILES string of the molecule is O=P(Oc1ccccc1)(Oc1ccccc1)[C@@H](NCc1ccccc1)c1ccc(F)cc1. The predicted octanol–water partition coefficient (Wildman–Crippen LogP) is 6.97. The van der Waals surface area contributed by atoms with Gasteiger partial charge in [0.2, 0.25) is 0 Å². The molecule has 0 saturated heterocycles. The first-order valence-corrected chi connectivity index (χ1v) is 11.9. The maximum Gasteiger partial charge on any atom is 0.452 e. The van der Waals surface area contributed by atoms with E-state index in [1.807, 2.05) is 42.5 Å². The number of rotatable bonds is 9. The molecule has 0 aliphatic heterocycles. The molecule has 4 aromatic carbocycles. The van der Waals surface area contributed by atoms with Crippen LogP contribution in [0.5, 0.6) is 11.5 Å². The average molecular weight is 447 g/mol. The van der Waals surface area contributed by atoms with Crippen LogP contribution in [0.4, 0.5) is 4.39 Å². The van der Waals surface area contributed by atoms with E-state index in [1.54, 1.807) is 60.7 Å². The highest BCUT2D eigenvalue weighted by atomic mass is 31.2. The summed E-state index contributed by atoms with van der Waals surface area (Å²) in [4.78, 5) is 0. The van der Waals surface area contributed by atoms with Crippen molar-refractivity contribution in [3.05, 3.63) is 132 Å². The molecule has 0 aliphatic rings. The van der Waals surface area contributed by atoms with Crippen LogP contribution in [0.2, 0.25) is 0 Å². The minimum absolute atomic E-state index is 0.377. The quantitative estimate of drug-likeness (QED) is 0.282. The Morgan fingerprint density at radius 2 is 1.16 bits per heavy atom. The fourth-order valence-corrected chi connectivity index (χ4v) is 5.18. The molecule has 1 N–H and O–H groups in total.